The zero-order chi connectivity index (χ0) is 21.5. The van der Waals surface area contributed by atoms with E-state index in [1.165, 1.54) is 0 Å². The molecule has 0 aliphatic rings. The molecular formula is C28H25O2P. The molecule has 0 saturated carbocycles. The van der Waals surface area contributed by atoms with Crippen LogP contribution in [0.4, 0.5) is 0 Å². The van der Waals surface area contributed by atoms with Crippen LogP contribution in [0, 0.1) is 0 Å². The standard InChI is InChI=1S/C28H25O2P/c1-23(28(29)30-22-24-14-6-2-7-15-24)31(25-16-8-3-9-17-25,26-18-10-4-11-19-26)27-20-12-5-13-21-27/h2-21H,22H2,1H3. The normalized spacial score (nSPS) is 11.0. The Morgan fingerprint density at radius 1 is 0.613 bits per heavy atom. The minimum Gasteiger partial charge on any atom is -0.457 e. The number of hydrogen-bond donors (Lipinski definition) is 0. The molecule has 0 atom stereocenters. The maximum atomic E-state index is 13.5. The lowest BCUT2D eigenvalue weighted by molar-refractivity contribution is -0.136. The molecule has 4 aromatic carbocycles. The van der Waals surface area contributed by atoms with Gasteiger partial charge in [0.05, 0.1) is 0 Å². The molecule has 31 heavy (non-hydrogen) atoms. The highest BCUT2D eigenvalue weighted by atomic mass is 31.2. The average molecular weight is 424 g/mol. The third-order valence-corrected chi connectivity index (χ3v) is 9.85. The van der Waals surface area contributed by atoms with Crippen molar-refractivity contribution in [1.82, 2.24) is 0 Å². The molecule has 2 nitrogen and oxygen atoms in total. The molecule has 0 bridgehead atoms. The number of esters is 1. The van der Waals surface area contributed by atoms with Crippen molar-refractivity contribution >= 4 is 34.1 Å². The summed E-state index contributed by atoms with van der Waals surface area (Å²) in [6.07, 6.45) is 0. The summed E-state index contributed by atoms with van der Waals surface area (Å²) in [5, 5.41) is 4.16. The monoisotopic (exact) mass is 424 g/mol. The molecule has 0 aliphatic heterocycles. The predicted octanol–water partition coefficient (Wildman–Crippen LogP) is 4.92. The van der Waals surface area contributed by atoms with E-state index in [0.717, 1.165) is 26.8 Å². The van der Waals surface area contributed by atoms with Gasteiger partial charge in [0.2, 0.25) is 0 Å². The maximum absolute atomic E-state index is 13.5. The van der Waals surface area contributed by atoms with Crippen LogP contribution in [0.2, 0.25) is 0 Å². The minimum absolute atomic E-state index is 0.256. The van der Waals surface area contributed by atoms with Crippen molar-refractivity contribution in [2.24, 2.45) is 0 Å². The first-order valence-corrected chi connectivity index (χ1v) is 12.1. The van der Waals surface area contributed by atoms with Crippen LogP contribution in [0.3, 0.4) is 0 Å². The summed E-state index contributed by atoms with van der Waals surface area (Å²) in [7, 11) is 0. The fourth-order valence-corrected chi connectivity index (χ4v) is 8.20. The fraction of sp³-hybridized carbons (Fsp3) is 0.0714. The fourth-order valence-electron chi connectivity index (χ4n) is 3.95. The van der Waals surface area contributed by atoms with Crippen LogP contribution < -0.4 is 15.9 Å². The van der Waals surface area contributed by atoms with Gasteiger partial charge in [0, 0.05) is 5.29 Å². The lowest BCUT2D eigenvalue weighted by atomic mass is 10.2. The van der Waals surface area contributed by atoms with Gasteiger partial charge in [-0.3, -0.25) is 0 Å². The third kappa shape index (κ3) is 4.26. The van der Waals surface area contributed by atoms with Gasteiger partial charge in [-0.05, 0) is 35.3 Å². The van der Waals surface area contributed by atoms with E-state index in [9.17, 15) is 4.79 Å². The van der Waals surface area contributed by atoms with Crippen molar-refractivity contribution in [2.75, 3.05) is 0 Å². The molecule has 0 radical (unpaired) electrons. The van der Waals surface area contributed by atoms with Crippen LogP contribution in [-0.4, -0.2) is 11.3 Å². The van der Waals surface area contributed by atoms with E-state index in [0.29, 0.717) is 0 Å². The average Bonchev–Trinajstić information content (AvgIpc) is 2.85. The predicted molar refractivity (Wildman–Crippen MR) is 132 cm³/mol. The summed E-state index contributed by atoms with van der Waals surface area (Å²) in [6.45, 7) is -0.182. The van der Waals surface area contributed by atoms with Crippen molar-refractivity contribution in [3.05, 3.63) is 127 Å². The number of benzene rings is 4. The number of carbonyl (C=O) groups excluding carboxylic acids is 1. The van der Waals surface area contributed by atoms with Crippen LogP contribution in [-0.2, 0) is 16.1 Å². The van der Waals surface area contributed by atoms with Gasteiger partial charge in [-0.2, -0.15) is 0 Å². The molecule has 0 N–H and O–H groups in total. The first kappa shape index (κ1) is 20.9. The number of ether oxygens (including phenoxy) is 1. The smallest absolute Gasteiger partial charge is 0.335 e. The van der Waals surface area contributed by atoms with Gasteiger partial charge in [-0.1, -0.05) is 121 Å². The minimum atomic E-state index is -2.38. The molecule has 4 aromatic rings. The van der Waals surface area contributed by atoms with Crippen LogP contribution in [0.5, 0.6) is 0 Å². The van der Waals surface area contributed by atoms with E-state index in [1.807, 2.05) is 91.9 Å². The van der Waals surface area contributed by atoms with Crippen molar-refractivity contribution in [3.63, 3.8) is 0 Å². The molecule has 0 aliphatic carbocycles. The SMILES string of the molecule is CC(C(=O)OCc1ccccc1)=P(c1ccccc1)(c1ccccc1)c1ccccc1. The highest BCUT2D eigenvalue weighted by Gasteiger charge is 2.31. The summed E-state index contributed by atoms with van der Waals surface area (Å²) in [5.41, 5.74) is 0.978. The summed E-state index contributed by atoms with van der Waals surface area (Å²) in [4.78, 5) is 13.5. The van der Waals surface area contributed by atoms with E-state index in [4.69, 9.17) is 4.74 Å². The van der Waals surface area contributed by atoms with Crippen LogP contribution >= 0.6 is 6.89 Å². The molecular weight excluding hydrogens is 399 g/mol. The zero-order valence-electron chi connectivity index (χ0n) is 17.5. The Morgan fingerprint density at radius 3 is 1.35 bits per heavy atom. The number of carbonyl (C=O) groups is 1. The molecule has 0 aromatic heterocycles. The summed E-state index contributed by atoms with van der Waals surface area (Å²) in [6, 6.07) is 40.8. The Labute approximate surface area is 184 Å². The van der Waals surface area contributed by atoms with Gasteiger partial charge in [0.15, 0.2) is 0 Å². The molecule has 0 heterocycles. The quantitative estimate of drug-likeness (QED) is 0.325. The maximum Gasteiger partial charge on any atom is 0.335 e. The second-order valence-corrected chi connectivity index (χ2v) is 10.9. The Morgan fingerprint density at radius 2 is 0.968 bits per heavy atom. The lowest BCUT2D eigenvalue weighted by Crippen LogP contribution is -2.33. The van der Waals surface area contributed by atoms with Crippen LogP contribution in [0.15, 0.2) is 121 Å². The summed E-state index contributed by atoms with van der Waals surface area (Å²) >= 11 is 0. The van der Waals surface area contributed by atoms with Gasteiger partial charge in [0.1, 0.15) is 6.61 Å². The second-order valence-electron chi connectivity index (χ2n) is 7.32. The van der Waals surface area contributed by atoms with Crippen molar-refractivity contribution in [2.45, 2.75) is 13.5 Å². The number of hydrogen-bond acceptors (Lipinski definition) is 2. The van der Waals surface area contributed by atoms with Crippen molar-refractivity contribution in [3.8, 4) is 0 Å². The first-order chi connectivity index (χ1) is 15.2. The van der Waals surface area contributed by atoms with Crippen molar-refractivity contribution in [1.29, 1.82) is 0 Å². The Balaban J connectivity index is 1.94. The molecule has 0 fully saturated rings. The Kier molecular flexibility index (Phi) is 6.50. The molecule has 0 spiro atoms. The zero-order valence-corrected chi connectivity index (χ0v) is 18.4. The molecule has 0 saturated heterocycles. The first-order valence-electron chi connectivity index (χ1n) is 10.3. The van der Waals surface area contributed by atoms with E-state index in [2.05, 4.69) is 36.4 Å². The van der Waals surface area contributed by atoms with E-state index < -0.39 is 6.89 Å². The second kappa shape index (κ2) is 9.64. The van der Waals surface area contributed by atoms with E-state index >= 15 is 0 Å². The van der Waals surface area contributed by atoms with E-state index in [1.54, 1.807) is 0 Å². The van der Waals surface area contributed by atoms with Crippen LogP contribution in [0.25, 0.3) is 0 Å². The van der Waals surface area contributed by atoms with Gasteiger partial charge in [-0.25, -0.2) is 4.79 Å². The highest BCUT2D eigenvalue weighted by Crippen LogP contribution is 2.46. The Bertz CT molecular complexity index is 1080. The van der Waals surface area contributed by atoms with Gasteiger partial charge in [0.25, 0.3) is 0 Å². The van der Waals surface area contributed by atoms with Gasteiger partial charge in [-0.15, -0.1) is 0 Å². The highest BCUT2D eigenvalue weighted by molar-refractivity contribution is 7.96. The third-order valence-electron chi connectivity index (χ3n) is 5.44. The lowest BCUT2D eigenvalue weighted by Gasteiger charge is -2.31. The van der Waals surface area contributed by atoms with Gasteiger partial charge >= 0.3 is 5.97 Å². The molecule has 154 valence electrons. The van der Waals surface area contributed by atoms with Crippen molar-refractivity contribution < 1.29 is 9.53 Å². The molecule has 3 heteroatoms. The summed E-state index contributed by atoms with van der Waals surface area (Å²) in [5.74, 6) is -0.256. The summed E-state index contributed by atoms with van der Waals surface area (Å²) < 4.78 is 5.81. The molecule has 0 unspecified atom stereocenters. The largest absolute Gasteiger partial charge is 0.457 e. The molecule has 4 rings (SSSR count). The topological polar surface area (TPSA) is 26.3 Å². The van der Waals surface area contributed by atoms with Gasteiger partial charge < -0.3 is 4.74 Å². The Hall–Kier alpha value is -3.35. The van der Waals surface area contributed by atoms with E-state index in [-0.39, 0.29) is 12.6 Å². The molecule has 0 amide bonds. The number of rotatable bonds is 6. The van der Waals surface area contributed by atoms with Crippen LogP contribution in [0.1, 0.15) is 12.5 Å².